The van der Waals surface area contributed by atoms with Crippen LogP contribution in [-0.2, 0) is 17.1 Å². The third-order valence-corrected chi connectivity index (χ3v) is 14.3. The van der Waals surface area contributed by atoms with Crippen LogP contribution in [0.1, 0.15) is 5.56 Å². The summed E-state index contributed by atoms with van der Waals surface area (Å²) in [5.74, 6) is 3.55. The van der Waals surface area contributed by atoms with Gasteiger partial charge in [-0.05, 0) is 137 Å². The fourth-order valence-electron chi connectivity index (χ4n) is 4.13. The van der Waals surface area contributed by atoms with Crippen LogP contribution in [0.25, 0.3) is 5.76 Å². The normalized spacial score (nSPS) is 14.9. The van der Waals surface area contributed by atoms with Crippen molar-refractivity contribution in [3.63, 3.8) is 0 Å². The van der Waals surface area contributed by atoms with Gasteiger partial charge in [0, 0.05) is 0 Å². The van der Waals surface area contributed by atoms with Crippen LogP contribution < -0.4 is 22.1 Å². The summed E-state index contributed by atoms with van der Waals surface area (Å²) in [7, 11) is -17.6. The molecule has 0 N–H and O–H groups in total. The highest BCUT2D eigenvalue weighted by molar-refractivity contribution is 6.74. The summed E-state index contributed by atoms with van der Waals surface area (Å²) in [6, 6.07) is 0. The minimum atomic E-state index is -2.29. The fourth-order valence-corrected chi connectivity index (χ4v) is 15.1. The van der Waals surface area contributed by atoms with Gasteiger partial charge in [-0.1, -0.05) is 0 Å². The average Bonchev–Trinajstić information content (AvgIpc) is 2.77. The molecule has 0 unspecified atom stereocenters. The van der Waals surface area contributed by atoms with E-state index in [2.05, 4.69) is 137 Å². The minimum absolute atomic E-state index is 0.578. The first-order valence-electron chi connectivity index (χ1n) is 17.0. The molecule has 0 aliphatic heterocycles. The molecule has 0 amide bonds. The molecule has 1 aromatic carbocycles. The lowest BCUT2D eigenvalue weighted by molar-refractivity contribution is 0.393. The van der Waals surface area contributed by atoms with E-state index in [0.717, 1.165) is 5.38 Å². The van der Waals surface area contributed by atoms with Gasteiger partial charge in [0.25, 0.3) is 10.0 Å². The third kappa shape index (κ3) is 17.7. The average molecular weight is 844 g/mol. The van der Waals surface area contributed by atoms with Gasteiger partial charge in [0.05, 0.1) is 0 Å². The van der Waals surface area contributed by atoms with E-state index in [1.54, 1.807) is 0 Å². The van der Waals surface area contributed by atoms with Gasteiger partial charge in [0.1, 0.15) is 21.4 Å². The molecule has 19 heteroatoms. The molecular weight excluding hydrogens is 773 g/mol. The highest BCUT2D eigenvalue weighted by atomic mass is 28.4. The van der Waals surface area contributed by atoms with Crippen LogP contribution in [-0.4, -0.2) is 88.5 Å². The van der Waals surface area contributed by atoms with Crippen molar-refractivity contribution in [1.82, 2.24) is 0 Å². The lowest BCUT2D eigenvalue weighted by atomic mass is 10.1. The lowest BCUT2D eigenvalue weighted by Gasteiger charge is -2.38. The van der Waals surface area contributed by atoms with E-state index in [1.165, 1.54) is 0 Å². The second-order valence-corrected chi connectivity index (χ2v) is 55.1. The second kappa shape index (κ2) is 16.5. The molecule has 0 bridgehead atoms. The molecule has 0 fully saturated rings. The summed E-state index contributed by atoms with van der Waals surface area (Å²) in [6.07, 6.45) is 0. The van der Waals surface area contributed by atoms with Crippen LogP contribution in [0.5, 0.6) is 28.7 Å². The van der Waals surface area contributed by atoms with Gasteiger partial charge in [0.2, 0.25) is 68.0 Å². The monoisotopic (exact) mass is 842 g/mol. The molecular formula is C29H70O9Si10. The summed E-state index contributed by atoms with van der Waals surface area (Å²) in [5, 5.41) is 0.764. The maximum atomic E-state index is 7.19. The van der Waals surface area contributed by atoms with Crippen molar-refractivity contribution in [3.8, 4) is 28.7 Å². The third-order valence-electron chi connectivity index (χ3n) is 5.07. The maximum Gasteiger partial charge on any atom is 0.283 e. The summed E-state index contributed by atoms with van der Waals surface area (Å²) < 4.78 is 61.7. The van der Waals surface area contributed by atoms with E-state index in [9.17, 15) is 0 Å². The summed E-state index contributed by atoms with van der Waals surface area (Å²) >= 11 is 0. The Hall–Kier alpha value is -0.351. The molecule has 1 rings (SSSR count). The number of rotatable bonds is 19. The van der Waals surface area contributed by atoms with Gasteiger partial charge in [-0.15, -0.1) is 0 Å². The minimum Gasteiger partial charge on any atom is -0.547 e. The number of benzene rings is 1. The Morgan fingerprint density at radius 1 is 0.417 bits per heavy atom. The largest absolute Gasteiger partial charge is 0.547 e. The SMILES string of the molecule is C[Si](C)(C)OC([SiH2]O[SiH2]O[SiH3])=C(O[Si](C)(C)C)c1c(O[Si](C)(C)C)c(O[Si](C)(C)C)c(O[Si](C)(C)C)c(O[Si](C)(C)C)c1O[Si](C)(C)C. The molecule has 0 radical (unpaired) electrons. The summed E-state index contributed by atoms with van der Waals surface area (Å²) in [5.41, 5.74) is 0.699. The Morgan fingerprint density at radius 2 is 0.708 bits per heavy atom. The van der Waals surface area contributed by atoms with Crippen molar-refractivity contribution in [2.75, 3.05) is 0 Å². The highest BCUT2D eigenvalue weighted by Crippen LogP contribution is 2.59. The van der Waals surface area contributed by atoms with E-state index in [4.69, 9.17) is 39.2 Å². The lowest BCUT2D eigenvalue weighted by Crippen LogP contribution is -2.38. The maximum absolute atomic E-state index is 7.19. The molecule has 0 saturated carbocycles. The molecule has 0 aliphatic rings. The Bertz CT molecular complexity index is 1200. The highest BCUT2D eigenvalue weighted by Gasteiger charge is 2.42. The van der Waals surface area contributed by atoms with Crippen LogP contribution in [0.15, 0.2) is 5.38 Å². The van der Waals surface area contributed by atoms with Crippen LogP contribution in [0.2, 0.25) is 137 Å². The fraction of sp³-hybridized carbons (Fsp3) is 0.724. The molecule has 0 aliphatic carbocycles. The first-order valence-corrected chi connectivity index (χ1v) is 44.1. The van der Waals surface area contributed by atoms with Gasteiger partial charge in [-0.3, -0.25) is 0 Å². The van der Waals surface area contributed by atoms with E-state index < -0.39 is 78.0 Å². The molecule has 9 nitrogen and oxygen atoms in total. The zero-order valence-electron chi connectivity index (χ0n) is 34.6. The Morgan fingerprint density at radius 3 is 0.979 bits per heavy atom. The standard InChI is InChI=1S/C29H70O9Si10/c1-42(2,3)30-23-22(25(32-44(7,8)9)29(36-48(19,20)21)40-38-41-37-39)24(31-43(4,5)6)27(34-46(13,14)15)28(35-47(16,17)18)26(23)33-45(10,11)12/h40-41H2,1-21,39H3. The van der Waals surface area contributed by atoms with Crippen molar-refractivity contribution in [1.29, 1.82) is 0 Å². The Kier molecular flexibility index (Phi) is 15.7. The van der Waals surface area contributed by atoms with Crippen LogP contribution in [0.4, 0.5) is 0 Å². The molecule has 0 atom stereocenters. The quantitative estimate of drug-likeness (QED) is 0.0801. The van der Waals surface area contributed by atoms with Gasteiger partial charge in [-0.25, -0.2) is 0 Å². The zero-order valence-corrected chi connectivity index (χ0v) is 46.4. The van der Waals surface area contributed by atoms with Gasteiger partial charge in [-0.2, -0.15) is 0 Å². The predicted molar refractivity (Wildman–Crippen MR) is 231 cm³/mol. The number of hydrogen-bond donors (Lipinski definition) is 0. The van der Waals surface area contributed by atoms with Crippen LogP contribution in [0.3, 0.4) is 0 Å². The first kappa shape index (κ1) is 45.7. The van der Waals surface area contributed by atoms with E-state index in [-0.39, 0.29) is 0 Å². The van der Waals surface area contributed by atoms with Crippen LogP contribution >= 0.6 is 0 Å². The Balaban J connectivity index is 5.02. The topological polar surface area (TPSA) is 83.1 Å². The van der Waals surface area contributed by atoms with Crippen molar-refractivity contribution in [3.05, 3.63) is 10.9 Å². The second-order valence-electron chi connectivity index (χ2n) is 19.0. The van der Waals surface area contributed by atoms with Gasteiger partial charge in [0.15, 0.2) is 34.5 Å². The van der Waals surface area contributed by atoms with E-state index >= 15 is 0 Å². The first-order chi connectivity index (χ1) is 21.1. The molecule has 48 heavy (non-hydrogen) atoms. The van der Waals surface area contributed by atoms with Crippen molar-refractivity contribution >= 4 is 94.2 Å². The molecule has 0 heterocycles. The van der Waals surface area contributed by atoms with Crippen molar-refractivity contribution in [2.45, 2.75) is 137 Å². The van der Waals surface area contributed by atoms with E-state index in [1.807, 2.05) is 0 Å². The molecule has 1 aromatic rings. The molecule has 0 saturated heterocycles. The van der Waals surface area contributed by atoms with Crippen molar-refractivity contribution < 1.29 is 39.2 Å². The predicted octanol–water partition coefficient (Wildman–Crippen LogP) is 7.48. The van der Waals surface area contributed by atoms with Crippen molar-refractivity contribution in [2.24, 2.45) is 0 Å². The van der Waals surface area contributed by atoms with E-state index in [0.29, 0.717) is 50.6 Å². The number of hydrogen-bond acceptors (Lipinski definition) is 9. The molecule has 280 valence electrons. The van der Waals surface area contributed by atoms with Gasteiger partial charge < -0.3 is 39.2 Å². The smallest absolute Gasteiger partial charge is 0.283 e. The van der Waals surface area contributed by atoms with Crippen LogP contribution in [0, 0.1) is 0 Å². The Labute approximate surface area is 309 Å². The summed E-state index contributed by atoms with van der Waals surface area (Å²) in [6.45, 7) is 45.9. The summed E-state index contributed by atoms with van der Waals surface area (Å²) in [4.78, 5) is 0. The molecule has 0 spiro atoms. The molecule has 0 aromatic heterocycles. The van der Waals surface area contributed by atoms with Gasteiger partial charge >= 0.3 is 0 Å². The zero-order chi connectivity index (χ0) is 37.9.